The van der Waals surface area contributed by atoms with Crippen molar-refractivity contribution < 1.29 is 19.4 Å². The summed E-state index contributed by atoms with van der Waals surface area (Å²) < 4.78 is 4.53. The molecule has 1 atom stereocenters. The second-order valence-electron chi connectivity index (χ2n) is 2.42. The molecular formula is C8H13NO4. The van der Waals surface area contributed by atoms with Gasteiger partial charge < -0.3 is 15.2 Å². The number of amides is 1. The number of hydrogen-bond donors (Lipinski definition) is 2. The summed E-state index contributed by atoms with van der Waals surface area (Å²) in [5.41, 5.74) is 0. The van der Waals surface area contributed by atoms with Crippen LogP contribution in [-0.2, 0) is 14.3 Å². The normalized spacial score (nSPS) is 11.8. The molecule has 0 aromatic rings. The monoisotopic (exact) mass is 187 g/mol. The van der Waals surface area contributed by atoms with E-state index in [4.69, 9.17) is 5.11 Å². The smallest absolute Gasteiger partial charge is 0.326 e. The maximum Gasteiger partial charge on any atom is 0.326 e. The fourth-order valence-electron chi connectivity index (χ4n) is 0.755. The van der Waals surface area contributed by atoms with Gasteiger partial charge in [0.25, 0.3) is 0 Å². The molecule has 0 rings (SSSR count). The van der Waals surface area contributed by atoms with Crippen LogP contribution < -0.4 is 5.32 Å². The Bertz CT molecular complexity index is 202. The molecule has 5 nitrogen and oxygen atoms in total. The molecule has 1 amide bonds. The molecule has 0 aromatic carbocycles. The average molecular weight is 187 g/mol. The van der Waals surface area contributed by atoms with Gasteiger partial charge in [-0.1, -0.05) is 6.08 Å². The predicted molar refractivity (Wildman–Crippen MR) is 46.3 cm³/mol. The molecule has 0 heterocycles. The van der Waals surface area contributed by atoms with Crippen molar-refractivity contribution in [2.45, 2.75) is 12.5 Å². The van der Waals surface area contributed by atoms with E-state index in [0.717, 1.165) is 0 Å². The van der Waals surface area contributed by atoms with Gasteiger partial charge in [-0.25, -0.2) is 4.79 Å². The first-order valence-electron chi connectivity index (χ1n) is 3.73. The zero-order chi connectivity index (χ0) is 10.3. The molecule has 0 spiro atoms. The number of rotatable bonds is 6. The number of carboxylic acids is 1. The first-order valence-corrected chi connectivity index (χ1v) is 3.73. The summed E-state index contributed by atoms with van der Waals surface area (Å²) in [5, 5.41) is 10.9. The van der Waals surface area contributed by atoms with Crippen molar-refractivity contribution in [3.63, 3.8) is 0 Å². The van der Waals surface area contributed by atoms with E-state index in [2.05, 4.69) is 16.6 Å². The highest BCUT2D eigenvalue weighted by molar-refractivity contribution is 5.84. The highest BCUT2D eigenvalue weighted by Crippen LogP contribution is 1.92. The number of nitrogens with one attached hydrogen (secondary N) is 1. The minimum absolute atomic E-state index is 0.138. The van der Waals surface area contributed by atoms with E-state index in [9.17, 15) is 9.59 Å². The van der Waals surface area contributed by atoms with Gasteiger partial charge in [0.05, 0.1) is 0 Å². The van der Waals surface area contributed by atoms with E-state index in [1.54, 1.807) is 0 Å². The molecule has 13 heavy (non-hydrogen) atoms. The Morgan fingerprint density at radius 1 is 1.69 bits per heavy atom. The van der Waals surface area contributed by atoms with Crippen molar-refractivity contribution in [1.82, 2.24) is 5.32 Å². The Kier molecular flexibility index (Phi) is 5.54. The zero-order valence-corrected chi connectivity index (χ0v) is 7.45. The predicted octanol–water partition coefficient (Wildman–Crippen LogP) is -0.222. The zero-order valence-electron chi connectivity index (χ0n) is 7.45. The molecule has 0 radical (unpaired) electrons. The summed E-state index contributed by atoms with van der Waals surface area (Å²) in [5.74, 6) is -1.53. The SMILES string of the molecule is C=CCC(NC(=O)COC)C(=O)O. The summed E-state index contributed by atoms with van der Waals surface area (Å²) in [7, 11) is 1.36. The van der Waals surface area contributed by atoms with E-state index in [1.807, 2.05) is 0 Å². The van der Waals surface area contributed by atoms with Crippen LogP contribution in [0, 0.1) is 0 Å². The van der Waals surface area contributed by atoms with Gasteiger partial charge in [0.1, 0.15) is 12.6 Å². The molecule has 0 saturated heterocycles. The van der Waals surface area contributed by atoms with E-state index in [0.29, 0.717) is 0 Å². The maximum absolute atomic E-state index is 10.9. The summed E-state index contributed by atoms with van der Waals surface area (Å²) in [6.45, 7) is 3.25. The van der Waals surface area contributed by atoms with Crippen molar-refractivity contribution in [3.8, 4) is 0 Å². The first kappa shape index (κ1) is 11.6. The lowest BCUT2D eigenvalue weighted by molar-refractivity contribution is -0.142. The number of carbonyl (C=O) groups excluding carboxylic acids is 1. The average Bonchev–Trinajstić information content (AvgIpc) is 2.04. The van der Waals surface area contributed by atoms with Crippen molar-refractivity contribution in [2.24, 2.45) is 0 Å². The highest BCUT2D eigenvalue weighted by Gasteiger charge is 2.17. The van der Waals surface area contributed by atoms with Crippen molar-refractivity contribution >= 4 is 11.9 Å². The Morgan fingerprint density at radius 2 is 2.31 bits per heavy atom. The number of ether oxygens (including phenoxy) is 1. The lowest BCUT2D eigenvalue weighted by atomic mass is 10.2. The van der Waals surface area contributed by atoms with Gasteiger partial charge in [0.2, 0.25) is 5.91 Å². The Labute approximate surface area is 76.4 Å². The lowest BCUT2D eigenvalue weighted by Gasteiger charge is -2.11. The van der Waals surface area contributed by atoms with E-state index in [-0.39, 0.29) is 13.0 Å². The molecule has 0 saturated carbocycles. The van der Waals surface area contributed by atoms with Crippen LogP contribution in [0.2, 0.25) is 0 Å². The van der Waals surface area contributed by atoms with Gasteiger partial charge in [0.15, 0.2) is 0 Å². The number of aliphatic carboxylic acids is 1. The standard InChI is InChI=1S/C8H13NO4/c1-3-4-6(8(11)12)9-7(10)5-13-2/h3,6H,1,4-5H2,2H3,(H,9,10)(H,11,12). The van der Waals surface area contributed by atoms with Crippen LogP contribution >= 0.6 is 0 Å². The number of hydrogen-bond acceptors (Lipinski definition) is 3. The summed E-state index contributed by atoms with van der Waals surface area (Å²) in [4.78, 5) is 21.4. The number of methoxy groups -OCH3 is 1. The molecule has 0 fully saturated rings. The van der Waals surface area contributed by atoms with Gasteiger partial charge in [-0.05, 0) is 6.42 Å². The van der Waals surface area contributed by atoms with Crippen molar-refractivity contribution in [3.05, 3.63) is 12.7 Å². The molecule has 2 N–H and O–H groups in total. The van der Waals surface area contributed by atoms with Gasteiger partial charge in [-0.15, -0.1) is 6.58 Å². The van der Waals surface area contributed by atoms with Crippen LogP contribution in [0.4, 0.5) is 0 Å². The minimum Gasteiger partial charge on any atom is -0.480 e. The number of carbonyl (C=O) groups is 2. The summed E-state index contributed by atoms with van der Waals surface area (Å²) >= 11 is 0. The van der Waals surface area contributed by atoms with Crippen LogP contribution in [0.15, 0.2) is 12.7 Å². The van der Waals surface area contributed by atoms with Crippen LogP contribution in [0.3, 0.4) is 0 Å². The Morgan fingerprint density at radius 3 is 2.69 bits per heavy atom. The molecule has 74 valence electrons. The largest absolute Gasteiger partial charge is 0.480 e. The highest BCUT2D eigenvalue weighted by atomic mass is 16.5. The first-order chi connectivity index (χ1) is 6.11. The molecule has 1 unspecified atom stereocenters. The fourth-order valence-corrected chi connectivity index (χ4v) is 0.755. The van der Waals surface area contributed by atoms with Gasteiger partial charge in [-0.3, -0.25) is 4.79 Å². The Hall–Kier alpha value is -1.36. The molecule has 0 aliphatic rings. The Balaban J connectivity index is 4.01. The van der Waals surface area contributed by atoms with E-state index in [1.165, 1.54) is 13.2 Å². The van der Waals surface area contributed by atoms with Crippen molar-refractivity contribution in [2.75, 3.05) is 13.7 Å². The topological polar surface area (TPSA) is 75.6 Å². The summed E-state index contributed by atoms with van der Waals surface area (Å²) in [6, 6.07) is -0.917. The maximum atomic E-state index is 10.9. The van der Waals surface area contributed by atoms with Gasteiger partial charge >= 0.3 is 5.97 Å². The second kappa shape index (κ2) is 6.19. The van der Waals surface area contributed by atoms with Crippen LogP contribution in [0.1, 0.15) is 6.42 Å². The third kappa shape index (κ3) is 4.97. The van der Waals surface area contributed by atoms with Crippen LogP contribution in [0.5, 0.6) is 0 Å². The molecular weight excluding hydrogens is 174 g/mol. The third-order valence-electron chi connectivity index (χ3n) is 1.31. The van der Waals surface area contributed by atoms with E-state index >= 15 is 0 Å². The lowest BCUT2D eigenvalue weighted by Crippen LogP contribution is -2.41. The molecule has 0 aromatic heterocycles. The molecule has 0 aliphatic carbocycles. The number of carboxylic acid groups (broad SMARTS) is 1. The molecule has 5 heteroatoms. The molecule has 0 bridgehead atoms. The van der Waals surface area contributed by atoms with Crippen LogP contribution in [-0.4, -0.2) is 36.7 Å². The van der Waals surface area contributed by atoms with Crippen molar-refractivity contribution in [1.29, 1.82) is 0 Å². The third-order valence-corrected chi connectivity index (χ3v) is 1.31. The van der Waals surface area contributed by atoms with Gasteiger partial charge in [0, 0.05) is 7.11 Å². The fraction of sp³-hybridized carbons (Fsp3) is 0.500. The minimum atomic E-state index is -1.08. The molecule has 0 aliphatic heterocycles. The van der Waals surface area contributed by atoms with Gasteiger partial charge in [-0.2, -0.15) is 0 Å². The summed E-state index contributed by atoms with van der Waals surface area (Å²) in [6.07, 6.45) is 1.64. The van der Waals surface area contributed by atoms with E-state index < -0.39 is 17.9 Å². The second-order valence-corrected chi connectivity index (χ2v) is 2.42. The van der Waals surface area contributed by atoms with Crippen LogP contribution in [0.25, 0.3) is 0 Å². The quantitative estimate of drug-likeness (QED) is 0.563.